The van der Waals surface area contributed by atoms with Gasteiger partial charge in [-0.25, -0.2) is 0 Å². The fourth-order valence-corrected chi connectivity index (χ4v) is 1.74. The number of anilines is 1. The molecular formula is C15H17N3O3. The first kappa shape index (κ1) is 14.7. The third-order valence-corrected chi connectivity index (χ3v) is 2.66. The molecule has 0 saturated carbocycles. The molecule has 1 aromatic carbocycles. The Balaban J connectivity index is 2.01. The second kappa shape index (κ2) is 6.66. The molecule has 2 rings (SSSR count). The predicted octanol–water partition coefficient (Wildman–Crippen LogP) is 2.59. The first-order chi connectivity index (χ1) is 10.1. The fourth-order valence-electron chi connectivity index (χ4n) is 1.74. The molecule has 0 fully saturated rings. The van der Waals surface area contributed by atoms with Gasteiger partial charge >= 0.3 is 0 Å². The topological polar surface area (TPSA) is 71.5 Å². The third-order valence-electron chi connectivity index (χ3n) is 2.66. The Hall–Kier alpha value is -2.68. The van der Waals surface area contributed by atoms with Gasteiger partial charge in [0, 0.05) is 14.1 Å². The van der Waals surface area contributed by atoms with Crippen molar-refractivity contribution in [1.29, 1.82) is 5.26 Å². The fraction of sp³-hybridized carbons (Fsp3) is 0.333. The minimum Gasteiger partial charge on any atom is -0.494 e. The zero-order chi connectivity index (χ0) is 15.2. The molecule has 2 aromatic rings. The average Bonchev–Trinajstić information content (AvgIpc) is 2.90. The molecule has 0 saturated heterocycles. The highest BCUT2D eigenvalue weighted by Crippen LogP contribution is 2.22. The molecule has 110 valence electrons. The largest absolute Gasteiger partial charge is 0.494 e. The summed E-state index contributed by atoms with van der Waals surface area (Å²) in [6.45, 7) is 2.72. The molecule has 0 bridgehead atoms. The van der Waals surface area contributed by atoms with Crippen molar-refractivity contribution < 1.29 is 13.9 Å². The summed E-state index contributed by atoms with van der Waals surface area (Å²) in [5.74, 6) is 2.27. The van der Waals surface area contributed by atoms with E-state index in [4.69, 9.17) is 19.2 Å². The SMILES string of the molecule is CCOc1ccc(OCc2nc(C#N)c(N(C)C)o2)cc1. The molecule has 0 amide bonds. The Bertz CT molecular complexity index is 627. The van der Waals surface area contributed by atoms with Gasteiger partial charge in [-0.15, -0.1) is 0 Å². The summed E-state index contributed by atoms with van der Waals surface area (Å²) < 4.78 is 16.4. The maximum atomic E-state index is 8.99. The van der Waals surface area contributed by atoms with Gasteiger partial charge in [0.25, 0.3) is 0 Å². The molecule has 21 heavy (non-hydrogen) atoms. The molecule has 1 aromatic heterocycles. The molecule has 0 spiro atoms. The summed E-state index contributed by atoms with van der Waals surface area (Å²) >= 11 is 0. The number of benzene rings is 1. The molecule has 0 aliphatic carbocycles. The Morgan fingerprint density at radius 2 is 1.81 bits per heavy atom. The highest BCUT2D eigenvalue weighted by Gasteiger charge is 2.14. The summed E-state index contributed by atoms with van der Waals surface area (Å²) in [6.07, 6.45) is 0. The summed E-state index contributed by atoms with van der Waals surface area (Å²) in [5, 5.41) is 8.99. The molecule has 0 radical (unpaired) electrons. The van der Waals surface area contributed by atoms with Gasteiger partial charge < -0.3 is 18.8 Å². The Kier molecular flexibility index (Phi) is 4.67. The van der Waals surface area contributed by atoms with Crippen molar-refractivity contribution in [2.24, 2.45) is 0 Å². The van der Waals surface area contributed by atoms with Gasteiger partial charge in [0.1, 0.15) is 17.6 Å². The summed E-state index contributed by atoms with van der Waals surface area (Å²) in [7, 11) is 3.58. The number of nitrogens with zero attached hydrogens (tertiary/aromatic N) is 3. The Morgan fingerprint density at radius 3 is 2.29 bits per heavy atom. The zero-order valence-electron chi connectivity index (χ0n) is 12.3. The normalized spacial score (nSPS) is 10.0. The third kappa shape index (κ3) is 3.66. The van der Waals surface area contributed by atoms with Crippen LogP contribution >= 0.6 is 0 Å². The molecule has 0 N–H and O–H groups in total. The minimum atomic E-state index is 0.163. The molecule has 1 heterocycles. The molecule has 0 aliphatic heterocycles. The van der Waals surface area contributed by atoms with Crippen molar-refractivity contribution in [2.75, 3.05) is 25.6 Å². The van der Waals surface area contributed by atoms with Crippen molar-refractivity contribution in [3.05, 3.63) is 35.9 Å². The van der Waals surface area contributed by atoms with Gasteiger partial charge in [-0.3, -0.25) is 0 Å². The van der Waals surface area contributed by atoms with E-state index in [2.05, 4.69) is 4.98 Å². The number of aromatic nitrogens is 1. The van der Waals surface area contributed by atoms with E-state index in [0.29, 0.717) is 24.1 Å². The Labute approximate surface area is 123 Å². The molecule has 0 aliphatic rings. The number of nitriles is 1. The lowest BCUT2D eigenvalue weighted by atomic mass is 10.3. The van der Waals surface area contributed by atoms with Crippen LogP contribution in [0.4, 0.5) is 5.88 Å². The summed E-state index contributed by atoms with van der Waals surface area (Å²) in [4.78, 5) is 5.79. The van der Waals surface area contributed by atoms with Crippen LogP contribution in [0, 0.1) is 11.3 Å². The van der Waals surface area contributed by atoms with Gasteiger partial charge in [-0.2, -0.15) is 10.2 Å². The Morgan fingerprint density at radius 1 is 1.19 bits per heavy atom. The van der Waals surface area contributed by atoms with E-state index in [1.807, 2.05) is 37.3 Å². The van der Waals surface area contributed by atoms with Gasteiger partial charge in [0.2, 0.25) is 17.5 Å². The monoisotopic (exact) mass is 287 g/mol. The van der Waals surface area contributed by atoms with Gasteiger partial charge in [0.05, 0.1) is 6.61 Å². The smallest absolute Gasteiger partial charge is 0.236 e. The van der Waals surface area contributed by atoms with Gasteiger partial charge in [-0.05, 0) is 31.2 Å². The van der Waals surface area contributed by atoms with E-state index >= 15 is 0 Å². The predicted molar refractivity (Wildman–Crippen MR) is 77.5 cm³/mol. The second-order valence-corrected chi connectivity index (χ2v) is 4.46. The second-order valence-electron chi connectivity index (χ2n) is 4.46. The number of hydrogen-bond acceptors (Lipinski definition) is 6. The van der Waals surface area contributed by atoms with E-state index in [1.165, 1.54) is 0 Å². The van der Waals surface area contributed by atoms with Gasteiger partial charge in [0.15, 0.2) is 6.61 Å². The van der Waals surface area contributed by atoms with Crippen LogP contribution in [0.1, 0.15) is 18.5 Å². The van der Waals surface area contributed by atoms with E-state index in [1.54, 1.807) is 19.0 Å². The molecule has 0 unspecified atom stereocenters. The number of rotatable bonds is 6. The average molecular weight is 287 g/mol. The maximum absolute atomic E-state index is 8.99. The van der Waals surface area contributed by atoms with Crippen LogP contribution in [0.5, 0.6) is 11.5 Å². The van der Waals surface area contributed by atoms with Crippen molar-refractivity contribution in [3.63, 3.8) is 0 Å². The van der Waals surface area contributed by atoms with E-state index in [9.17, 15) is 0 Å². The zero-order valence-corrected chi connectivity index (χ0v) is 12.3. The lowest BCUT2D eigenvalue weighted by molar-refractivity contribution is 0.263. The van der Waals surface area contributed by atoms with Crippen LogP contribution in [-0.4, -0.2) is 25.7 Å². The first-order valence-corrected chi connectivity index (χ1v) is 6.56. The quantitative estimate of drug-likeness (QED) is 0.813. The highest BCUT2D eigenvalue weighted by atomic mass is 16.5. The first-order valence-electron chi connectivity index (χ1n) is 6.56. The van der Waals surface area contributed by atoms with Crippen LogP contribution in [0.2, 0.25) is 0 Å². The van der Waals surface area contributed by atoms with Gasteiger partial charge in [-0.1, -0.05) is 0 Å². The standard InChI is InChI=1S/C15H17N3O3/c1-4-19-11-5-7-12(8-6-11)20-10-14-17-13(9-16)15(21-14)18(2)3/h5-8H,4,10H2,1-3H3. The van der Waals surface area contributed by atoms with E-state index in [-0.39, 0.29) is 12.3 Å². The molecule has 0 atom stereocenters. The summed E-state index contributed by atoms with van der Waals surface area (Å²) in [5.41, 5.74) is 0.255. The highest BCUT2D eigenvalue weighted by molar-refractivity contribution is 5.46. The van der Waals surface area contributed by atoms with Crippen molar-refractivity contribution in [3.8, 4) is 17.6 Å². The number of oxazole rings is 1. The van der Waals surface area contributed by atoms with E-state index < -0.39 is 0 Å². The maximum Gasteiger partial charge on any atom is 0.236 e. The minimum absolute atomic E-state index is 0.163. The van der Waals surface area contributed by atoms with Crippen molar-refractivity contribution in [2.45, 2.75) is 13.5 Å². The lowest BCUT2D eigenvalue weighted by Crippen LogP contribution is -2.08. The van der Waals surface area contributed by atoms with Crippen LogP contribution in [-0.2, 0) is 6.61 Å². The number of hydrogen-bond donors (Lipinski definition) is 0. The molecular weight excluding hydrogens is 270 g/mol. The number of ether oxygens (including phenoxy) is 2. The molecule has 6 heteroatoms. The van der Waals surface area contributed by atoms with Crippen LogP contribution in [0.25, 0.3) is 0 Å². The van der Waals surface area contributed by atoms with Crippen LogP contribution < -0.4 is 14.4 Å². The van der Waals surface area contributed by atoms with Crippen LogP contribution in [0.15, 0.2) is 28.7 Å². The van der Waals surface area contributed by atoms with Crippen molar-refractivity contribution in [1.82, 2.24) is 4.98 Å². The van der Waals surface area contributed by atoms with E-state index in [0.717, 1.165) is 5.75 Å². The lowest BCUT2D eigenvalue weighted by Gasteiger charge is -2.07. The van der Waals surface area contributed by atoms with Crippen molar-refractivity contribution >= 4 is 5.88 Å². The van der Waals surface area contributed by atoms with Crippen LogP contribution in [0.3, 0.4) is 0 Å². The summed E-state index contributed by atoms with van der Waals surface area (Å²) in [6, 6.07) is 9.29. The molecule has 6 nitrogen and oxygen atoms in total.